The number of imidazole rings is 1. The topological polar surface area (TPSA) is 39.9 Å². The number of halogens is 2. The minimum absolute atomic E-state index is 0.304. The third kappa shape index (κ3) is 3.02. The third-order valence-corrected chi connectivity index (χ3v) is 3.61. The lowest BCUT2D eigenvalue weighted by molar-refractivity contribution is 0.240. The number of aromatic nitrogens is 3. The van der Waals surface area contributed by atoms with Gasteiger partial charge in [-0.3, -0.25) is 4.57 Å². The fourth-order valence-corrected chi connectivity index (χ4v) is 2.49. The van der Waals surface area contributed by atoms with Crippen molar-refractivity contribution in [3.05, 3.63) is 53.4 Å². The van der Waals surface area contributed by atoms with Crippen LogP contribution in [0.4, 0.5) is 4.39 Å². The monoisotopic (exact) mass is 341 g/mol. The van der Waals surface area contributed by atoms with E-state index in [0.29, 0.717) is 34.3 Å². The molecule has 0 radical (unpaired) electrons. The summed E-state index contributed by atoms with van der Waals surface area (Å²) in [5.74, 6) is 5.99. The van der Waals surface area contributed by atoms with E-state index >= 15 is 0 Å². The molecule has 3 aromatic rings. The van der Waals surface area contributed by atoms with Crippen LogP contribution < -0.4 is 0 Å². The van der Waals surface area contributed by atoms with E-state index < -0.39 is 0 Å². The van der Waals surface area contributed by atoms with Gasteiger partial charge in [-0.05, 0) is 36.3 Å². The van der Waals surface area contributed by atoms with Crippen molar-refractivity contribution >= 4 is 29.0 Å². The highest BCUT2D eigenvalue weighted by molar-refractivity contribution is 6.35. The van der Waals surface area contributed by atoms with Crippen LogP contribution in [0.15, 0.2) is 36.9 Å². The summed E-state index contributed by atoms with van der Waals surface area (Å²) in [6.07, 6.45) is 1.59. The van der Waals surface area contributed by atoms with Crippen molar-refractivity contribution in [1.82, 2.24) is 14.5 Å². The van der Waals surface area contributed by atoms with Gasteiger partial charge in [-0.15, -0.1) is 0 Å². The van der Waals surface area contributed by atoms with E-state index in [1.54, 1.807) is 36.1 Å². The van der Waals surface area contributed by atoms with Crippen molar-refractivity contribution in [1.29, 1.82) is 0 Å². The molecule has 0 atom stereocenters. The number of pyridine rings is 1. The van der Waals surface area contributed by atoms with Gasteiger partial charge in [0.05, 0.1) is 5.02 Å². The summed E-state index contributed by atoms with van der Waals surface area (Å²) >= 11 is 6.32. The Morgan fingerprint density at radius 2 is 2.08 bits per heavy atom. The molecule has 0 aliphatic heterocycles. The molecule has 0 saturated heterocycles. The lowest BCUT2D eigenvalue weighted by Gasteiger charge is -2.03. The average Bonchev–Trinajstić information content (AvgIpc) is 2.95. The van der Waals surface area contributed by atoms with E-state index in [4.69, 9.17) is 16.3 Å². The molecule has 0 amide bonds. The van der Waals surface area contributed by atoms with Gasteiger partial charge in [-0.1, -0.05) is 24.1 Å². The van der Waals surface area contributed by atoms with Crippen molar-refractivity contribution < 1.29 is 9.13 Å². The van der Waals surface area contributed by atoms with Gasteiger partial charge in [-0.2, -0.15) is 0 Å². The summed E-state index contributed by atoms with van der Waals surface area (Å²) in [6, 6.07) is 7.69. The molecule has 24 heavy (non-hydrogen) atoms. The highest BCUT2D eigenvalue weighted by Gasteiger charge is 2.15. The summed E-state index contributed by atoms with van der Waals surface area (Å²) in [4.78, 5) is 9.01. The smallest absolute Gasteiger partial charge is 0.167 e. The average molecular weight is 342 g/mol. The number of hydrogen-bond donors (Lipinski definition) is 0. The van der Waals surface area contributed by atoms with Gasteiger partial charge in [0.25, 0.3) is 0 Å². The maximum atomic E-state index is 13.1. The molecule has 120 valence electrons. The predicted molar refractivity (Wildman–Crippen MR) is 93.1 cm³/mol. The molecule has 4 nitrogen and oxygen atoms in total. The van der Waals surface area contributed by atoms with Crippen LogP contribution in [0, 0.1) is 17.7 Å². The molecule has 1 aromatic carbocycles. The number of nitrogens with zero attached hydrogens (tertiary/aromatic N) is 3. The minimum Gasteiger partial charge on any atom is -0.372 e. The lowest BCUT2D eigenvalue weighted by Crippen LogP contribution is -1.94. The Morgan fingerprint density at radius 1 is 1.33 bits per heavy atom. The SMILES string of the molecule is C=Cn1c(-c2ccc(F)cc2)nc2c(Cl)cc(C#CCOC)nc21. The van der Waals surface area contributed by atoms with Crippen LogP contribution in [-0.2, 0) is 4.74 Å². The molecule has 2 aromatic heterocycles. The van der Waals surface area contributed by atoms with Crippen molar-refractivity contribution in [3.63, 3.8) is 0 Å². The number of hydrogen-bond acceptors (Lipinski definition) is 3. The van der Waals surface area contributed by atoms with Crippen LogP contribution >= 0.6 is 11.6 Å². The van der Waals surface area contributed by atoms with E-state index in [1.165, 1.54) is 12.1 Å². The molecular formula is C18H13ClFN3O. The van der Waals surface area contributed by atoms with Gasteiger partial charge in [-0.25, -0.2) is 14.4 Å². The summed E-state index contributed by atoms with van der Waals surface area (Å²) in [5.41, 5.74) is 2.32. The minimum atomic E-state index is -0.313. The fraction of sp³-hybridized carbons (Fsp3) is 0.111. The summed E-state index contributed by atoms with van der Waals surface area (Å²) < 4.78 is 19.8. The Balaban J connectivity index is 2.19. The first-order chi connectivity index (χ1) is 11.6. The molecule has 0 unspecified atom stereocenters. The first kappa shape index (κ1) is 16.2. The van der Waals surface area contributed by atoms with Gasteiger partial charge >= 0.3 is 0 Å². The second-order valence-corrected chi connectivity index (χ2v) is 5.30. The number of ether oxygens (including phenoxy) is 1. The third-order valence-electron chi connectivity index (χ3n) is 3.32. The normalized spacial score (nSPS) is 10.5. The molecule has 3 rings (SSSR count). The highest BCUT2D eigenvalue weighted by atomic mass is 35.5. The first-order valence-corrected chi connectivity index (χ1v) is 7.46. The highest BCUT2D eigenvalue weighted by Crippen LogP contribution is 2.29. The maximum Gasteiger partial charge on any atom is 0.167 e. The predicted octanol–water partition coefficient (Wildman–Crippen LogP) is 3.99. The Bertz CT molecular complexity index is 968. The van der Waals surface area contributed by atoms with Crippen molar-refractivity contribution in [2.75, 3.05) is 13.7 Å². The molecular weight excluding hydrogens is 329 g/mol. The molecule has 0 saturated carbocycles. The summed E-state index contributed by atoms with van der Waals surface area (Å²) in [7, 11) is 1.57. The zero-order chi connectivity index (χ0) is 17.1. The van der Waals surface area contributed by atoms with Gasteiger partial charge in [0, 0.05) is 18.9 Å². The first-order valence-electron chi connectivity index (χ1n) is 7.09. The number of benzene rings is 1. The number of methoxy groups -OCH3 is 1. The maximum absolute atomic E-state index is 13.1. The molecule has 0 bridgehead atoms. The van der Waals surface area contributed by atoms with Crippen LogP contribution in [0.25, 0.3) is 28.8 Å². The Kier molecular flexibility index (Phi) is 4.61. The number of fused-ring (bicyclic) bond motifs is 1. The van der Waals surface area contributed by atoms with Crippen LogP contribution in [0.2, 0.25) is 5.02 Å². The Hall–Kier alpha value is -2.68. The van der Waals surface area contributed by atoms with Crippen molar-refractivity contribution in [2.45, 2.75) is 0 Å². The lowest BCUT2D eigenvalue weighted by atomic mass is 10.2. The van der Waals surface area contributed by atoms with Gasteiger partial charge in [0.1, 0.15) is 29.5 Å². The second-order valence-electron chi connectivity index (χ2n) is 4.89. The van der Waals surface area contributed by atoms with Crippen LogP contribution in [0.5, 0.6) is 0 Å². The molecule has 6 heteroatoms. The molecule has 0 N–H and O–H groups in total. The summed E-state index contributed by atoms with van der Waals surface area (Å²) in [5, 5.41) is 0.436. The van der Waals surface area contributed by atoms with E-state index in [-0.39, 0.29) is 5.82 Å². The van der Waals surface area contributed by atoms with Crippen LogP contribution in [0.3, 0.4) is 0 Å². The van der Waals surface area contributed by atoms with Gasteiger partial charge < -0.3 is 4.74 Å². The quantitative estimate of drug-likeness (QED) is 0.676. The zero-order valence-electron chi connectivity index (χ0n) is 12.9. The van der Waals surface area contributed by atoms with Crippen molar-refractivity contribution in [2.24, 2.45) is 0 Å². The molecule has 0 fully saturated rings. The second kappa shape index (κ2) is 6.83. The molecule has 0 aliphatic rings. The zero-order valence-corrected chi connectivity index (χ0v) is 13.6. The fourth-order valence-electron chi connectivity index (χ4n) is 2.26. The van der Waals surface area contributed by atoms with E-state index in [0.717, 1.165) is 5.56 Å². The summed E-state index contributed by atoms with van der Waals surface area (Å²) in [6.45, 7) is 4.11. The van der Waals surface area contributed by atoms with E-state index in [1.807, 2.05) is 0 Å². The van der Waals surface area contributed by atoms with Gasteiger partial charge in [0.15, 0.2) is 5.65 Å². The van der Waals surface area contributed by atoms with Gasteiger partial charge in [0.2, 0.25) is 0 Å². The molecule has 2 heterocycles. The largest absolute Gasteiger partial charge is 0.372 e. The Morgan fingerprint density at radius 3 is 2.75 bits per heavy atom. The molecule has 0 aliphatic carbocycles. The van der Waals surface area contributed by atoms with Crippen LogP contribution in [0.1, 0.15) is 5.69 Å². The van der Waals surface area contributed by atoms with Crippen LogP contribution in [-0.4, -0.2) is 28.3 Å². The van der Waals surface area contributed by atoms with E-state index in [2.05, 4.69) is 28.4 Å². The Labute approximate surface area is 143 Å². The van der Waals surface area contributed by atoms with E-state index in [9.17, 15) is 4.39 Å². The standard InChI is InChI=1S/C18H13ClFN3O/c1-3-23-17(12-6-8-13(20)9-7-12)22-16-15(19)11-14(21-18(16)23)5-4-10-24-2/h3,6-9,11H,1,10H2,2H3. The number of rotatable bonds is 3. The van der Waals surface area contributed by atoms with Crippen molar-refractivity contribution in [3.8, 4) is 23.2 Å². The molecule has 0 spiro atoms.